The fourth-order valence-corrected chi connectivity index (χ4v) is 2.56. The van der Waals surface area contributed by atoms with Gasteiger partial charge in [-0.25, -0.2) is 4.98 Å². The van der Waals surface area contributed by atoms with Crippen molar-refractivity contribution in [3.63, 3.8) is 0 Å². The molecule has 0 unspecified atom stereocenters. The van der Waals surface area contributed by atoms with Crippen LogP contribution in [0.2, 0.25) is 0 Å². The van der Waals surface area contributed by atoms with Crippen molar-refractivity contribution < 1.29 is 4.79 Å². The monoisotopic (exact) mass is 335 g/mol. The van der Waals surface area contributed by atoms with Gasteiger partial charge in [-0.05, 0) is 37.5 Å². The highest BCUT2D eigenvalue weighted by Crippen LogP contribution is 2.23. The molecule has 2 aromatic rings. The van der Waals surface area contributed by atoms with E-state index in [1.54, 1.807) is 7.05 Å². The predicted molar refractivity (Wildman–Crippen MR) is 99.8 cm³/mol. The fraction of sp³-hybridized carbons (Fsp3) is 0.211. The molecule has 25 heavy (non-hydrogen) atoms. The minimum atomic E-state index is -0.238. The van der Waals surface area contributed by atoms with Gasteiger partial charge in [-0.1, -0.05) is 30.4 Å². The molecule has 0 fully saturated rings. The third kappa shape index (κ3) is 4.03. The van der Waals surface area contributed by atoms with Crippen molar-refractivity contribution in [1.29, 1.82) is 0 Å². The molecule has 128 valence electrons. The maximum absolute atomic E-state index is 12.1. The van der Waals surface area contributed by atoms with E-state index in [9.17, 15) is 4.79 Å². The van der Waals surface area contributed by atoms with Crippen molar-refractivity contribution >= 4 is 23.4 Å². The van der Waals surface area contributed by atoms with Gasteiger partial charge < -0.3 is 16.0 Å². The van der Waals surface area contributed by atoms with Gasteiger partial charge in [0.25, 0.3) is 5.91 Å². The van der Waals surface area contributed by atoms with Gasteiger partial charge in [0.05, 0.1) is 0 Å². The molecule has 0 saturated heterocycles. The van der Waals surface area contributed by atoms with Gasteiger partial charge in [-0.15, -0.1) is 0 Å². The van der Waals surface area contributed by atoms with Crippen LogP contribution in [-0.2, 0) is 0 Å². The molecule has 1 aromatic heterocycles. The van der Waals surface area contributed by atoms with Crippen molar-refractivity contribution in [2.75, 3.05) is 17.7 Å². The Morgan fingerprint density at radius 2 is 1.84 bits per heavy atom. The number of hydrogen-bond acceptors (Lipinski definition) is 5. The highest BCUT2D eigenvalue weighted by molar-refractivity contribution is 5.99. The largest absolute Gasteiger partial charge is 0.355 e. The minimum Gasteiger partial charge on any atom is -0.355 e. The number of hydrogen-bond donors (Lipinski definition) is 3. The summed E-state index contributed by atoms with van der Waals surface area (Å²) in [6, 6.07) is 9.60. The maximum atomic E-state index is 12.1. The summed E-state index contributed by atoms with van der Waals surface area (Å²) in [5.41, 5.74) is 3.42. The van der Waals surface area contributed by atoms with Gasteiger partial charge >= 0.3 is 0 Å². The summed E-state index contributed by atoms with van der Waals surface area (Å²) in [5.74, 6) is 0.672. The van der Waals surface area contributed by atoms with Crippen LogP contribution in [-0.4, -0.2) is 22.9 Å². The second-order valence-electron chi connectivity index (χ2n) is 5.73. The van der Waals surface area contributed by atoms with Crippen LogP contribution in [0.15, 0.2) is 60.0 Å². The first-order chi connectivity index (χ1) is 12.2. The van der Waals surface area contributed by atoms with Crippen LogP contribution in [0.1, 0.15) is 30.1 Å². The second kappa shape index (κ2) is 7.61. The Hall–Kier alpha value is -3.15. The van der Waals surface area contributed by atoms with Crippen molar-refractivity contribution in [1.82, 2.24) is 15.3 Å². The van der Waals surface area contributed by atoms with Gasteiger partial charge in [-0.2, -0.15) is 4.98 Å². The molecule has 0 aliphatic heterocycles. The summed E-state index contributed by atoms with van der Waals surface area (Å²) in [5, 5.41) is 9.05. The number of allylic oxidation sites excluding steroid dienone is 3. The quantitative estimate of drug-likeness (QED) is 0.778. The van der Waals surface area contributed by atoms with E-state index in [1.807, 2.05) is 30.3 Å². The topological polar surface area (TPSA) is 78.9 Å². The first-order valence-electron chi connectivity index (χ1n) is 8.23. The van der Waals surface area contributed by atoms with Gasteiger partial charge in [-0.3, -0.25) is 4.79 Å². The number of carbonyl (C=O) groups excluding carboxylic acids is 1. The predicted octanol–water partition coefficient (Wildman–Crippen LogP) is 3.62. The molecule has 0 bridgehead atoms. The molecule has 0 radical (unpaired) electrons. The Morgan fingerprint density at radius 1 is 1.08 bits per heavy atom. The number of anilines is 3. The summed E-state index contributed by atoms with van der Waals surface area (Å²) in [6.07, 6.45) is 7.89. The third-order valence-electron chi connectivity index (χ3n) is 3.93. The number of benzene rings is 1. The van der Waals surface area contributed by atoms with Crippen molar-refractivity contribution in [3.8, 4) is 0 Å². The Kier molecular flexibility index (Phi) is 5.09. The summed E-state index contributed by atoms with van der Waals surface area (Å²) >= 11 is 0. The summed E-state index contributed by atoms with van der Waals surface area (Å²) in [6.45, 7) is 2.06. The van der Waals surface area contributed by atoms with Gasteiger partial charge in [0.2, 0.25) is 5.95 Å². The normalized spacial score (nSPS) is 13.5. The molecule has 0 saturated carbocycles. The van der Waals surface area contributed by atoms with Crippen LogP contribution in [0, 0.1) is 0 Å². The zero-order valence-corrected chi connectivity index (χ0v) is 14.3. The first kappa shape index (κ1) is 16.7. The molecule has 0 spiro atoms. The minimum absolute atomic E-state index is 0.238. The van der Waals surface area contributed by atoms with Crippen molar-refractivity contribution in [2.45, 2.75) is 19.8 Å². The van der Waals surface area contributed by atoms with Gasteiger partial charge in [0.1, 0.15) is 11.4 Å². The van der Waals surface area contributed by atoms with Gasteiger partial charge in [0, 0.05) is 24.6 Å². The van der Waals surface area contributed by atoms with Crippen LogP contribution in [0.3, 0.4) is 0 Å². The van der Waals surface area contributed by atoms with Crippen molar-refractivity contribution in [2.24, 2.45) is 0 Å². The molecule has 3 rings (SSSR count). The lowest BCUT2D eigenvalue weighted by atomic mass is 10.1. The maximum Gasteiger partial charge on any atom is 0.256 e. The number of aromatic nitrogens is 2. The van der Waals surface area contributed by atoms with E-state index in [1.165, 1.54) is 11.8 Å². The van der Waals surface area contributed by atoms with E-state index < -0.39 is 0 Å². The smallest absolute Gasteiger partial charge is 0.256 e. The zero-order valence-electron chi connectivity index (χ0n) is 14.3. The third-order valence-corrected chi connectivity index (χ3v) is 3.93. The molecule has 6 nitrogen and oxygen atoms in total. The SMILES string of the molecule is CNC(=O)c1cnc(NC2=CCCC=C2C)nc1Nc1ccccc1. The lowest BCUT2D eigenvalue weighted by Crippen LogP contribution is -2.20. The number of carbonyl (C=O) groups is 1. The highest BCUT2D eigenvalue weighted by Gasteiger charge is 2.15. The first-order valence-corrected chi connectivity index (χ1v) is 8.23. The number of rotatable bonds is 5. The van der Waals surface area contributed by atoms with Crippen molar-refractivity contribution in [3.05, 3.63) is 65.5 Å². The average Bonchev–Trinajstić information content (AvgIpc) is 2.64. The lowest BCUT2D eigenvalue weighted by Gasteiger charge is -2.16. The Balaban J connectivity index is 1.91. The van der Waals surface area contributed by atoms with Crippen LogP contribution in [0.4, 0.5) is 17.5 Å². The van der Waals surface area contributed by atoms with E-state index in [4.69, 9.17) is 0 Å². The van der Waals surface area contributed by atoms with Crippen LogP contribution in [0.5, 0.6) is 0 Å². The molecule has 1 aliphatic carbocycles. The van der Waals surface area contributed by atoms with E-state index >= 15 is 0 Å². The molecule has 1 amide bonds. The molecular formula is C19H21N5O. The second-order valence-corrected chi connectivity index (χ2v) is 5.73. The fourth-order valence-electron chi connectivity index (χ4n) is 2.56. The molecular weight excluding hydrogens is 314 g/mol. The van der Waals surface area contributed by atoms with E-state index in [0.29, 0.717) is 17.3 Å². The highest BCUT2D eigenvalue weighted by atomic mass is 16.1. The molecule has 1 heterocycles. The molecule has 0 atom stereocenters. The Bertz CT molecular complexity index is 827. The Morgan fingerprint density at radius 3 is 2.56 bits per heavy atom. The van der Waals surface area contributed by atoms with Crippen LogP contribution >= 0.6 is 0 Å². The van der Waals surface area contributed by atoms with Gasteiger partial charge in [0.15, 0.2) is 0 Å². The van der Waals surface area contributed by atoms with Crippen LogP contribution in [0.25, 0.3) is 0 Å². The summed E-state index contributed by atoms with van der Waals surface area (Å²) in [4.78, 5) is 20.9. The average molecular weight is 335 g/mol. The molecule has 1 aliphatic rings. The summed E-state index contributed by atoms with van der Waals surface area (Å²) in [7, 11) is 1.59. The van der Waals surface area contributed by atoms with E-state index in [-0.39, 0.29) is 5.91 Å². The number of para-hydroxylation sites is 1. The number of nitrogens with zero attached hydrogens (tertiary/aromatic N) is 2. The van der Waals surface area contributed by atoms with Crippen LogP contribution < -0.4 is 16.0 Å². The lowest BCUT2D eigenvalue weighted by molar-refractivity contribution is 0.0963. The van der Waals surface area contributed by atoms with E-state index in [0.717, 1.165) is 24.2 Å². The van der Waals surface area contributed by atoms with E-state index in [2.05, 4.69) is 45.0 Å². The standard InChI is InChI=1S/C19H21N5O/c1-13-8-6-7-11-16(13)23-19-21-12-15(18(25)20-2)17(24-19)22-14-9-4-3-5-10-14/h3-5,8-12H,6-7H2,1-2H3,(H,20,25)(H2,21,22,23,24). The molecule has 1 aromatic carbocycles. The Labute approximate surface area is 147 Å². The zero-order chi connectivity index (χ0) is 17.6. The molecule has 3 N–H and O–H groups in total. The number of nitrogens with one attached hydrogen (secondary N) is 3. The number of amides is 1. The summed E-state index contributed by atoms with van der Waals surface area (Å²) < 4.78 is 0. The molecule has 6 heteroatoms.